The van der Waals surface area contributed by atoms with Crippen molar-refractivity contribution in [1.29, 1.82) is 0 Å². The molecule has 0 radical (unpaired) electrons. The highest BCUT2D eigenvalue weighted by atomic mass is 18.1. The van der Waals surface area contributed by atoms with Crippen molar-refractivity contribution in [3.05, 3.63) is 0 Å². The van der Waals surface area contributed by atoms with Crippen LogP contribution in [0.15, 0.2) is 0 Å². The van der Waals surface area contributed by atoms with Gasteiger partial charge in [-0.1, -0.05) is 13.8 Å². The number of hydrogen-bond donors (Lipinski definition) is 1. The first kappa shape index (κ1) is 12.6. The van der Waals surface area contributed by atoms with Gasteiger partial charge in [0.1, 0.15) is 6.04 Å². The summed E-state index contributed by atoms with van der Waals surface area (Å²) in [5.74, 6) is -1.48. The zero-order valence-corrected chi connectivity index (χ0v) is 9.43. The Morgan fingerprint density at radius 2 is 1.94 bits per heavy atom. The summed E-state index contributed by atoms with van der Waals surface area (Å²) in [5, 5.41) is 0.516. The lowest BCUT2D eigenvalue weighted by Gasteiger charge is -2.17. The lowest BCUT2D eigenvalue weighted by Crippen LogP contribution is -2.40. The van der Waals surface area contributed by atoms with Gasteiger partial charge in [-0.25, -0.2) is 4.79 Å². The van der Waals surface area contributed by atoms with Crippen LogP contribution in [-0.4, -0.2) is 28.9 Å². The van der Waals surface area contributed by atoms with Gasteiger partial charge in [0.15, 0.2) is 0 Å². The summed E-state index contributed by atoms with van der Waals surface area (Å²) in [4.78, 5) is 38.4. The van der Waals surface area contributed by atoms with Gasteiger partial charge in [0, 0.05) is 12.8 Å². The predicted octanol–water partition coefficient (Wildman–Crippen LogP) is -0.0330. The summed E-state index contributed by atoms with van der Waals surface area (Å²) in [6.07, 6.45) is 0.631. The van der Waals surface area contributed by atoms with Gasteiger partial charge in [-0.3, -0.25) is 9.59 Å². The highest BCUT2D eigenvalue weighted by molar-refractivity contribution is 6.01. The van der Waals surface area contributed by atoms with Crippen LogP contribution in [0.5, 0.6) is 0 Å². The van der Waals surface area contributed by atoms with Gasteiger partial charge in [-0.05, 0) is 12.3 Å². The van der Waals surface area contributed by atoms with Gasteiger partial charge in [0.05, 0.1) is 0 Å². The summed E-state index contributed by atoms with van der Waals surface area (Å²) < 4.78 is 0. The number of rotatable bonds is 4. The molecular formula is C10H16N2O4. The van der Waals surface area contributed by atoms with Crippen LogP contribution >= 0.6 is 0 Å². The molecule has 0 spiro atoms. The maximum absolute atomic E-state index is 11.4. The number of hydrogen-bond acceptors (Lipinski definition) is 5. The summed E-state index contributed by atoms with van der Waals surface area (Å²) in [6, 6.07) is -0.804. The fourth-order valence-electron chi connectivity index (χ4n) is 1.42. The summed E-state index contributed by atoms with van der Waals surface area (Å²) in [7, 11) is 0. The van der Waals surface area contributed by atoms with Gasteiger partial charge in [-0.15, -0.1) is 5.06 Å². The Labute approximate surface area is 93.7 Å². The molecule has 16 heavy (non-hydrogen) atoms. The highest BCUT2D eigenvalue weighted by Gasteiger charge is 2.34. The van der Waals surface area contributed by atoms with Crippen LogP contribution in [0.2, 0.25) is 0 Å². The lowest BCUT2D eigenvalue weighted by atomic mass is 10.1. The van der Waals surface area contributed by atoms with Crippen molar-refractivity contribution in [2.24, 2.45) is 11.7 Å². The van der Waals surface area contributed by atoms with Crippen LogP contribution in [0.1, 0.15) is 33.1 Å². The molecule has 1 saturated heterocycles. The minimum Gasteiger partial charge on any atom is -0.329 e. The topological polar surface area (TPSA) is 89.7 Å². The maximum Gasteiger partial charge on any atom is 0.349 e. The Morgan fingerprint density at radius 1 is 1.44 bits per heavy atom. The van der Waals surface area contributed by atoms with E-state index in [1.165, 1.54) is 0 Å². The molecule has 1 rings (SSSR count). The smallest absolute Gasteiger partial charge is 0.329 e. The number of carbonyl (C=O) groups excluding carboxylic acids is 3. The minimum atomic E-state index is -0.804. The first-order valence-electron chi connectivity index (χ1n) is 5.25. The molecule has 0 bridgehead atoms. The van der Waals surface area contributed by atoms with E-state index in [1.807, 2.05) is 13.8 Å². The zero-order valence-electron chi connectivity index (χ0n) is 9.43. The molecule has 0 aromatic carbocycles. The van der Waals surface area contributed by atoms with Crippen molar-refractivity contribution in [2.75, 3.05) is 0 Å². The molecule has 1 unspecified atom stereocenters. The molecular weight excluding hydrogens is 215 g/mol. The van der Waals surface area contributed by atoms with Crippen molar-refractivity contribution in [1.82, 2.24) is 5.06 Å². The standard InChI is InChI=1S/C10H16N2O4/c1-6(2)5-7(11)10(15)16-12-8(13)3-4-9(12)14/h6-7H,3-5,11H2,1-2H3/i11+1,15+2. The van der Waals surface area contributed by atoms with E-state index in [9.17, 15) is 14.4 Å². The van der Waals surface area contributed by atoms with E-state index in [4.69, 9.17) is 5.73 Å². The third-order valence-electron chi connectivity index (χ3n) is 2.22. The van der Waals surface area contributed by atoms with Gasteiger partial charge in [0.25, 0.3) is 11.8 Å². The van der Waals surface area contributed by atoms with E-state index in [-0.39, 0.29) is 18.8 Å². The molecule has 1 atom stereocenters. The Morgan fingerprint density at radius 3 is 2.38 bits per heavy atom. The number of nitrogens with two attached hydrogens (primary N) is 1. The van der Waals surface area contributed by atoms with Crippen LogP contribution < -0.4 is 5.73 Å². The molecule has 1 fully saturated rings. The quantitative estimate of drug-likeness (QED) is 0.417. The molecule has 2 amide bonds. The van der Waals surface area contributed by atoms with Crippen LogP contribution in [0.4, 0.5) is 0 Å². The van der Waals surface area contributed by atoms with Crippen molar-refractivity contribution in [3.63, 3.8) is 0 Å². The van der Waals surface area contributed by atoms with Gasteiger partial charge in [-0.2, -0.15) is 0 Å². The first-order chi connectivity index (χ1) is 7.41. The van der Waals surface area contributed by atoms with E-state index in [1.54, 1.807) is 0 Å². The van der Waals surface area contributed by atoms with Crippen LogP contribution in [0.3, 0.4) is 0 Å². The molecule has 1 heterocycles. The monoisotopic (exact) mass is 231 g/mol. The van der Waals surface area contributed by atoms with E-state index in [2.05, 4.69) is 4.84 Å². The second-order valence-electron chi connectivity index (χ2n) is 4.23. The molecule has 2 N–H and O–H groups in total. The minimum absolute atomic E-state index is 0.0888. The van der Waals surface area contributed by atoms with Crippen LogP contribution in [-0.2, 0) is 19.2 Å². The number of amides is 2. The molecule has 0 aliphatic carbocycles. The molecule has 0 aromatic heterocycles. The highest BCUT2D eigenvalue weighted by Crippen LogP contribution is 2.13. The number of hydroxylamine groups is 2. The summed E-state index contributed by atoms with van der Waals surface area (Å²) >= 11 is 0. The molecule has 0 saturated carbocycles. The zero-order chi connectivity index (χ0) is 12.3. The normalized spacial score (nSPS) is 18.1. The van der Waals surface area contributed by atoms with Crippen molar-refractivity contribution in [3.8, 4) is 0 Å². The van der Waals surface area contributed by atoms with E-state index in [0.29, 0.717) is 11.5 Å². The fraction of sp³-hybridized carbons (Fsp3) is 0.700. The molecule has 6 heteroatoms. The third-order valence-corrected chi connectivity index (χ3v) is 2.22. The van der Waals surface area contributed by atoms with Crippen LogP contribution in [0, 0.1) is 5.92 Å². The fourth-order valence-corrected chi connectivity index (χ4v) is 1.42. The number of imide groups is 1. The Kier molecular flexibility index (Phi) is 4.00. The molecule has 90 valence electrons. The molecule has 1 aliphatic rings. The average molecular weight is 231 g/mol. The maximum atomic E-state index is 11.4. The lowest BCUT2D eigenvalue weighted by molar-refractivity contribution is -0.198. The third kappa shape index (κ3) is 3.03. The Balaban J connectivity index is 2.50. The van der Waals surface area contributed by atoms with Gasteiger partial charge >= 0.3 is 5.97 Å². The van der Waals surface area contributed by atoms with Crippen LogP contribution in [0.25, 0.3) is 0 Å². The molecule has 1 aliphatic heterocycles. The second kappa shape index (κ2) is 5.07. The van der Waals surface area contributed by atoms with Gasteiger partial charge in [0.2, 0.25) is 0 Å². The Bertz CT molecular complexity index is 298. The van der Waals surface area contributed by atoms with Crippen molar-refractivity contribution >= 4 is 17.8 Å². The SMILES string of the molecule is CC(C)CC([15NH2])C(=[18O])ON1C(=O)CCC1=O. The Hall–Kier alpha value is -1.43. The van der Waals surface area contributed by atoms with Gasteiger partial charge < -0.3 is 10.6 Å². The summed E-state index contributed by atoms with van der Waals surface area (Å²) in [5.41, 5.74) is 5.56. The largest absolute Gasteiger partial charge is 0.349 e. The van der Waals surface area contributed by atoms with E-state index < -0.39 is 23.8 Å². The average Bonchev–Trinajstić information content (AvgIpc) is 2.48. The molecule has 0 aromatic rings. The number of nitrogens with zero attached hydrogens (tertiary/aromatic N) is 1. The first-order valence-corrected chi connectivity index (χ1v) is 5.25. The molecule has 6 nitrogen and oxygen atoms in total. The van der Waals surface area contributed by atoms with E-state index >= 15 is 0 Å². The second-order valence-corrected chi connectivity index (χ2v) is 4.23. The van der Waals surface area contributed by atoms with Crippen molar-refractivity contribution in [2.45, 2.75) is 39.2 Å². The van der Waals surface area contributed by atoms with Crippen molar-refractivity contribution < 1.29 is 19.2 Å². The predicted molar refractivity (Wildman–Crippen MR) is 54.6 cm³/mol. The van der Waals surface area contributed by atoms with E-state index in [0.717, 1.165) is 0 Å². The number of carbonyl (C=O) groups is 3. The summed E-state index contributed by atoms with van der Waals surface area (Å²) in [6.45, 7) is 3.83.